The summed E-state index contributed by atoms with van der Waals surface area (Å²) in [5, 5.41) is 8.08. The van der Waals surface area contributed by atoms with E-state index in [0.29, 0.717) is 5.75 Å². The SMILES string of the molecule is Cc1cc(Oc2nnc3ccccc3n2)cc(C)c1Br. The normalized spacial score (nSPS) is 10.8. The molecule has 0 aliphatic rings. The molecule has 0 amide bonds. The predicted molar refractivity (Wildman–Crippen MR) is 81.0 cm³/mol. The van der Waals surface area contributed by atoms with Gasteiger partial charge in [-0.05, 0) is 49.2 Å². The Morgan fingerprint density at radius 1 is 0.950 bits per heavy atom. The van der Waals surface area contributed by atoms with Gasteiger partial charge in [0.15, 0.2) is 0 Å². The second kappa shape index (κ2) is 5.17. The van der Waals surface area contributed by atoms with Crippen molar-refractivity contribution in [2.24, 2.45) is 0 Å². The molecule has 1 heterocycles. The number of ether oxygens (including phenoxy) is 1. The molecule has 5 heteroatoms. The van der Waals surface area contributed by atoms with Crippen molar-refractivity contribution in [1.82, 2.24) is 15.2 Å². The molecule has 0 bridgehead atoms. The number of fused-ring (bicyclic) bond motifs is 1. The lowest BCUT2D eigenvalue weighted by Gasteiger charge is -2.08. The number of rotatable bonds is 2. The molecule has 100 valence electrons. The van der Waals surface area contributed by atoms with Crippen molar-refractivity contribution in [2.75, 3.05) is 0 Å². The van der Waals surface area contributed by atoms with Crippen molar-refractivity contribution >= 4 is 27.0 Å². The molecule has 1 aromatic heterocycles. The molecule has 0 fully saturated rings. The molecule has 0 radical (unpaired) electrons. The van der Waals surface area contributed by atoms with Crippen LogP contribution in [0.5, 0.6) is 11.8 Å². The molecule has 4 nitrogen and oxygen atoms in total. The van der Waals surface area contributed by atoms with Crippen LogP contribution in [0.25, 0.3) is 11.0 Å². The van der Waals surface area contributed by atoms with Crippen LogP contribution in [0.15, 0.2) is 40.9 Å². The first-order valence-corrected chi connectivity index (χ1v) is 6.97. The summed E-state index contributed by atoms with van der Waals surface area (Å²) in [6.07, 6.45) is 0. The first-order valence-electron chi connectivity index (χ1n) is 6.17. The van der Waals surface area contributed by atoms with Gasteiger partial charge in [-0.25, -0.2) is 0 Å². The Hall–Kier alpha value is -2.01. The van der Waals surface area contributed by atoms with Crippen LogP contribution in [0.2, 0.25) is 0 Å². The van der Waals surface area contributed by atoms with Crippen LogP contribution in [0.3, 0.4) is 0 Å². The maximum absolute atomic E-state index is 5.70. The predicted octanol–water partition coefficient (Wildman–Crippen LogP) is 4.20. The molecule has 3 rings (SSSR count). The standard InChI is InChI=1S/C15H12BrN3O/c1-9-7-11(8-10(2)14(9)16)20-15-17-12-5-3-4-6-13(12)18-19-15/h3-8H,1-2H3. The van der Waals surface area contributed by atoms with E-state index in [1.54, 1.807) is 0 Å². The van der Waals surface area contributed by atoms with Crippen molar-refractivity contribution in [3.8, 4) is 11.8 Å². The Bertz CT molecular complexity index is 766. The number of aromatic nitrogens is 3. The van der Waals surface area contributed by atoms with Gasteiger partial charge in [0.25, 0.3) is 0 Å². The summed E-state index contributed by atoms with van der Waals surface area (Å²) in [6, 6.07) is 11.7. The third-order valence-corrected chi connectivity index (χ3v) is 4.21. The van der Waals surface area contributed by atoms with Crippen molar-refractivity contribution in [2.45, 2.75) is 13.8 Å². The highest BCUT2D eigenvalue weighted by molar-refractivity contribution is 9.10. The second-order valence-electron chi connectivity index (χ2n) is 4.56. The fraction of sp³-hybridized carbons (Fsp3) is 0.133. The van der Waals surface area contributed by atoms with Crippen LogP contribution in [-0.4, -0.2) is 15.2 Å². The minimum absolute atomic E-state index is 0.254. The molecule has 0 N–H and O–H groups in total. The number of hydrogen-bond acceptors (Lipinski definition) is 4. The Labute approximate surface area is 125 Å². The fourth-order valence-electron chi connectivity index (χ4n) is 1.98. The van der Waals surface area contributed by atoms with Gasteiger partial charge in [0.2, 0.25) is 0 Å². The van der Waals surface area contributed by atoms with Crippen LogP contribution < -0.4 is 4.74 Å². The van der Waals surface area contributed by atoms with Crippen LogP contribution >= 0.6 is 15.9 Å². The summed E-state index contributed by atoms with van der Waals surface area (Å²) in [7, 11) is 0. The maximum atomic E-state index is 5.70. The molecule has 0 aliphatic heterocycles. The summed E-state index contributed by atoms with van der Waals surface area (Å²) in [6.45, 7) is 4.03. The Balaban J connectivity index is 1.96. The van der Waals surface area contributed by atoms with Gasteiger partial charge in [0.1, 0.15) is 11.3 Å². The van der Waals surface area contributed by atoms with E-state index < -0.39 is 0 Å². The quantitative estimate of drug-likeness (QED) is 0.707. The minimum atomic E-state index is 0.254. The molecular weight excluding hydrogens is 318 g/mol. The van der Waals surface area contributed by atoms with Gasteiger partial charge in [0.05, 0.1) is 5.52 Å². The van der Waals surface area contributed by atoms with Crippen molar-refractivity contribution in [3.05, 3.63) is 52.0 Å². The Kier molecular flexibility index (Phi) is 3.36. The topological polar surface area (TPSA) is 47.9 Å². The van der Waals surface area contributed by atoms with E-state index in [2.05, 4.69) is 31.1 Å². The molecular formula is C15H12BrN3O. The highest BCUT2D eigenvalue weighted by Crippen LogP contribution is 2.28. The highest BCUT2D eigenvalue weighted by atomic mass is 79.9. The number of nitrogens with zero attached hydrogens (tertiary/aromatic N) is 3. The van der Waals surface area contributed by atoms with E-state index >= 15 is 0 Å². The van der Waals surface area contributed by atoms with E-state index in [4.69, 9.17) is 4.74 Å². The van der Waals surface area contributed by atoms with Gasteiger partial charge in [-0.2, -0.15) is 4.98 Å². The van der Waals surface area contributed by atoms with Crippen LogP contribution in [0.4, 0.5) is 0 Å². The number of benzene rings is 2. The third kappa shape index (κ3) is 2.49. The zero-order valence-electron chi connectivity index (χ0n) is 11.1. The largest absolute Gasteiger partial charge is 0.423 e. The maximum Gasteiger partial charge on any atom is 0.341 e. The van der Waals surface area contributed by atoms with Crippen LogP contribution in [0.1, 0.15) is 11.1 Å². The highest BCUT2D eigenvalue weighted by Gasteiger charge is 2.07. The monoisotopic (exact) mass is 329 g/mol. The van der Waals surface area contributed by atoms with E-state index in [-0.39, 0.29) is 6.01 Å². The van der Waals surface area contributed by atoms with Crippen molar-refractivity contribution in [1.29, 1.82) is 0 Å². The third-order valence-electron chi connectivity index (χ3n) is 2.96. The first kappa shape index (κ1) is 13.0. The molecule has 0 spiro atoms. The zero-order chi connectivity index (χ0) is 14.1. The summed E-state index contributed by atoms with van der Waals surface area (Å²) >= 11 is 3.53. The van der Waals surface area contributed by atoms with E-state index in [1.165, 1.54) is 0 Å². The van der Waals surface area contributed by atoms with Crippen LogP contribution in [-0.2, 0) is 0 Å². The van der Waals surface area contributed by atoms with Gasteiger partial charge < -0.3 is 4.74 Å². The summed E-state index contributed by atoms with van der Waals surface area (Å²) in [5.74, 6) is 0.709. The first-order chi connectivity index (χ1) is 9.63. The smallest absolute Gasteiger partial charge is 0.341 e. The molecule has 2 aromatic carbocycles. The number of hydrogen-bond donors (Lipinski definition) is 0. The van der Waals surface area contributed by atoms with Gasteiger partial charge in [-0.1, -0.05) is 33.2 Å². The summed E-state index contributed by atoms with van der Waals surface area (Å²) in [4.78, 5) is 4.34. The van der Waals surface area contributed by atoms with Crippen molar-refractivity contribution < 1.29 is 4.74 Å². The average molecular weight is 330 g/mol. The fourth-order valence-corrected chi connectivity index (χ4v) is 2.21. The number of para-hydroxylation sites is 1. The molecule has 3 aromatic rings. The average Bonchev–Trinajstić information content (AvgIpc) is 2.44. The van der Waals surface area contributed by atoms with E-state index in [1.807, 2.05) is 50.2 Å². The molecule has 0 aliphatic carbocycles. The Morgan fingerprint density at radius 3 is 2.30 bits per heavy atom. The van der Waals surface area contributed by atoms with Gasteiger partial charge in [-0.3, -0.25) is 0 Å². The second-order valence-corrected chi connectivity index (χ2v) is 5.35. The zero-order valence-corrected chi connectivity index (χ0v) is 12.7. The van der Waals surface area contributed by atoms with Gasteiger partial charge in [0, 0.05) is 4.47 Å². The molecule has 0 atom stereocenters. The lowest BCUT2D eigenvalue weighted by atomic mass is 10.1. The number of aryl methyl sites for hydroxylation is 2. The lowest BCUT2D eigenvalue weighted by Crippen LogP contribution is -1.96. The van der Waals surface area contributed by atoms with Crippen molar-refractivity contribution in [3.63, 3.8) is 0 Å². The van der Waals surface area contributed by atoms with E-state index in [0.717, 1.165) is 26.6 Å². The van der Waals surface area contributed by atoms with Gasteiger partial charge in [-0.15, -0.1) is 5.10 Å². The Morgan fingerprint density at radius 2 is 1.60 bits per heavy atom. The van der Waals surface area contributed by atoms with Crippen LogP contribution in [0, 0.1) is 13.8 Å². The minimum Gasteiger partial charge on any atom is -0.423 e. The van der Waals surface area contributed by atoms with Gasteiger partial charge >= 0.3 is 6.01 Å². The molecule has 0 saturated heterocycles. The molecule has 0 unspecified atom stereocenters. The lowest BCUT2D eigenvalue weighted by molar-refractivity contribution is 0.436. The summed E-state index contributed by atoms with van der Waals surface area (Å²) in [5.41, 5.74) is 3.73. The summed E-state index contributed by atoms with van der Waals surface area (Å²) < 4.78 is 6.78. The molecule has 20 heavy (non-hydrogen) atoms. The molecule has 0 saturated carbocycles. The van der Waals surface area contributed by atoms with E-state index in [9.17, 15) is 0 Å². The number of halogens is 1.